The molecule has 0 atom stereocenters. The molecule has 0 saturated heterocycles. The quantitative estimate of drug-likeness (QED) is 0.871. The van der Waals surface area contributed by atoms with Crippen molar-refractivity contribution in [2.45, 2.75) is 26.7 Å². The topological polar surface area (TPSA) is 66.0 Å². The van der Waals surface area contributed by atoms with Crippen LogP contribution in [-0.2, 0) is 0 Å². The number of nitrogens with zero attached hydrogens (tertiary/aromatic N) is 1. The second kappa shape index (κ2) is 4.64. The Balaban J connectivity index is 2.48. The number of carboxylic acid groups (broad SMARTS) is 1. The van der Waals surface area contributed by atoms with Crippen molar-refractivity contribution >= 4 is 5.97 Å². The summed E-state index contributed by atoms with van der Waals surface area (Å²) in [5.41, 5.74) is 4.06. The molecule has 0 aliphatic rings. The first-order chi connectivity index (χ1) is 8.49. The molecule has 18 heavy (non-hydrogen) atoms. The largest absolute Gasteiger partial charge is 0.477 e. The average molecular weight is 244 g/mol. The van der Waals surface area contributed by atoms with Crippen molar-refractivity contribution < 1.29 is 9.90 Å². The van der Waals surface area contributed by atoms with Crippen LogP contribution in [-0.4, -0.2) is 21.3 Å². The van der Waals surface area contributed by atoms with E-state index >= 15 is 0 Å². The molecule has 0 aliphatic heterocycles. The van der Waals surface area contributed by atoms with Crippen LogP contribution < -0.4 is 0 Å². The van der Waals surface area contributed by atoms with E-state index in [4.69, 9.17) is 5.11 Å². The van der Waals surface area contributed by atoms with Crippen LogP contribution in [0.15, 0.2) is 24.3 Å². The van der Waals surface area contributed by atoms with E-state index in [2.05, 4.69) is 36.2 Å². The Kier molecular flexibility index (Phi) is 3.19. The van der Waals surface area contributed by atoms with E-state index in [0.717, 1.165) is 11.1 Å². The van der Waals surface area contributed by atoms with Crippen molar-refractivity contribution in [1.29, 1.82) is 0 Å². The summed E-state index contributed by atoms with van der Waals surface area (Å²) in [5.74, 6) is -0.561. The molecule has 0 aliphatic carbocycles. The van der Waals surface area contributed by atoms with Crippen LogP contribution in [0.1, 0.15) is 41.4 Å². The predicted octanol–water partition coefficient (Wildman–Crippen LogP) is 3.21. The molecular formula is C14H16N2O2. The van der Waals surface area contributed by atoms with Crippen LogP contribution in [0.3, 0.4) is 0 Å². The fourth-order valence-electron chi connectivity index (χ4n) is 1.84. The number of nitrogens with one attached hydrogen (secondary N) is 1. The summed E-state index contributed by atoms with van der Waals surface area (Å²) in [5, 5.41) is 15.5. The standard InChI is InChI=1S/C14H16N2O2/c1-8(2)10-5-4-9(3)11(6-10)12-7-13(14(17)18)16-15-12/h4-8H,1-3H3,(H,15,16)(H,17,18). The Morgan fingerprint density at radius 3 is 2.61 bits per heavy atom. The van der Waals surface area contributed by atoms with Crippen molar-refractivity contribution in [3.05, 3.63) is 41.1 Å². The summed E-state index contributed by atoms with van der Waals surface area (Å²) < 4.78 is 0. The van der Waals surface area contributed by atoms with Crippen LogP contribution in [0, 0.1) is 6.92 Å². The SMILES string of the molecule is Cc1ccc(C(C)C)cc1-c1cc(C(=O)O)[nH]n1. The number of benzene rings is 1. The Hall–Kier alpha value is -2.10. The lowest BCUT2D eigenvalue weighted by Crippen LogP contribution is -1.95. The Morgan fingerprint density at radius 2 is 2.06 bits per heavy atom. The number of hydrogen-bond acceptors (Lipinski definition) is 2. The van der Waals surface area contributed by atoms with Gasteiger partial charge in [-0.1, -0.05) is 26.0 Å². The third-order valence-electron chi connectivity index (χ3n) is 3.01. The first-order valence-electron chi connectivity index (χ1n) is 5.88. The van der Waals surface area contributed by atoms with E-state index in [-0.39, 0.29) is 5.69 Å². The second-order valence-corrected chi connectivity index (χ2v) is 4.70. The number of carbonyl (C=O) groups is 1. The maximum absolute atomic E-state index is 10.8. The summed E-state index contributed by atoms with van der Waals surface area (Å²) in [6.07, 6.45) is 0. The highest BCUT2D eigenvalue weighted by Gasteiger charge is 2.12. The van der Waals surface area contributed by atoms with E-state index in [1.54, 1.807) is 6.07 Å². The van der Waals surface area contributed by atoms with Gasteiger partial charge in [0.2, 0.25) is 0 Å². The van der Waals surface area contributed by atoms with Crippen molar-refractivity contribution in [1.82, 2.24) is 10.2 Å². The molecule has 4 nitrogen and oxygen atoms in total. The van der Waals surface area contributed by atoms with E-state index in [9.17, 15) is 4.79 Å². The van der Waals surface area contributed by atoms with Crippen LogP contribution in [0.4, 0.5) is 0 Å². The lowest BCUT2D eigenvalue weighted by molar-refractivity contribution is 0.0690. The Morgan fingerprint density at radius 1 is 1.33 bits per heavy atom. The molecule has 94 valence electrons. The van der Waals surface area contributed by atoms with Gasteiger partial charge in [-0.25, -0.2) is 4.79 Å². The number of rotatable bonds is 3. The molecule has 0 amide bonds. The lowest BCUT2D eigenvalue weighted by Gasteiger charge is -2.09. The van der Waals surface area contributed by atoms with E-state index < -0.39 is 5.97 Å². The van der Waals surface area contributed by atoms with Crippen molar-refractivity contribution in [3.8, 4) is 11.3 Å². The molecule has 0 unspecified atom stereocenters. The number of aromatic nitrogens is 2. The summed E-state index contributed by atoms with van der Waals surface area (Å²) in [6.45, 7) is 6.25. The van der Waals surface area contributed by atoms with Gasteiger partial charge >= 0.3 is 5.97 Å². The third kappa shape index (κ3) is 2.27. The van der Waals surface area contributed by atoms with Crippen molar-refractivity contribution in [2.75, 3.05) is 0 Å². The summed E-state index contributed by atoms with van der Waals surface area (Å²) in [4.78, 5) is 10.8. The third-order valence-corrected chi connectivity index (χ3v) is 3.01. The molecule has 0 radical (unpaired) electrons. The molecular weight excluding hydrogens is 228 g/mol. The van der Waals surface area contributed by atoms with Gasteiger partial charge in [0.05, 0.1) is 5.69 Å². The zero-order chi connectivity index (χ0) is 13.3. The zero-order valence-electron chi connectivity index (χ0n) is 10.7. The fourth-order valence-corrected chi connectivity index (χ4v) is 1.84. The molecule has 2 N–H and O–H groups in total. The number of aromatic carboxylic acids is 1. The van der Waals surface area contributed by atoms with Gasteiger partial charge in [0.25, 0.3) is 0 Å². The molecule has 1 heterocycles. The maximum atomic E-state index is 10.8. The molecule has 0 saturated carbocycles. The van der Waals surface area contributed by atoms with Crippen LogP contribution in [0.5, 0.6) is 0 Å². The maximum Gasteiger partial charge on any atom is 0.353 e. The normalized spacial score (nSPS) is 10.9. The van der Waals surface area contributed by atoms with Gasteiger partial charge in [0, 0.05) is 5.56 Å². The number of hydrogen-bond donors (Lipinski definition) is 2. The van der Waals surface area contributed by atoms with Crippen molar-refractivity contribution in [2.24, 2.45) is 0 Å². The predicted molar refractivity (Wildman–Crippen MR) is 69.8 cm³/mol. The van der Waals surface area contributed by atoms with Gasteiger partial charge in [0.1, 0.15) is 5.69 Å². The highest BCUT2D eigenvalue weighted by molar-refractivity contribution is 5.87. The molecule has 0 bridgehead atoms. The van der Waals surface area contributed by atoms with Crippen molar-refractivity contribution in [3.63, 3.8) is 0 Å². The van der Waals surface area contributed by atoms with E-state index in [1.807, 2.05) is 13.0 Å². The molecule has 0 fully saturated rings. The first-order valence-corrected chi connectivity index (χ1v) is 5.88. The van der Waals surface area contributed by atoms with Gasteiger partial charge < -0.3 is 5.11 Å². The summed E-state index contributed by atoms with van der Waals surface area (Å²) >= 11 is 0. The molecule has 1 aromatic heterocycles. The number of aryl methyl sites for hydroxylation is 1. The summed E-state index contributed by atoms with van der Waals surface area (Å²) in [7, 11) is 0. The minimum atomic E-state index is -0.994. The second-order valence-electron chi connectivity index (χ2n) is 4.70. The van der Waals surface area contributed by atoms with Gasteiger partial charge in [0.15, 0.2) is 0 Å². The Bertz CT molecular complexity index is 585. The van der Waals surface area contributed by atoms with Crippen LogP contribution >= 0.6 is 0 Å². The minimum absolute atomic E-state index is 0.111. The average Bonchev–Trinajstić information content (AvgIpc) is 2.78. The first kappa shape index (κ1) is 12.4. The lowest BCUT2D eigenvalue weighted by atomic mass is 9.96. The smallest absolute Gasteiger partial charge is 0.353 e. The summed E-state index contributed by atoms with van der Waals surface area (Å²) in [6, 6.07) is 7.77. The van der Waals surface area contributed by atoms with E-state index in [0.29, 0.717) is 11.6 Å². The Labute approximate surface area is 106 Å². The highest BCUT2D eigenvalue weighted by atomic mass is 16.4. The number of aromatic amines is 1. The molecule has 2 rings (SSSR count). The van der Waals surface area contributed by atoms with Crippen LogP contribution in [0.2, 0.25) is 0 Å². The minimum Gasteiger partial charge on any atom is -0.477 e. The monoisotopic (exact) mass is 244 g/mol. The highest BCUT2D eigenvalue weighted by Crippen LogP contribution is 2.26. The van der Waals surface area contributed by atoms with Gasteiger partial charge in [-0.2, -0.15) is 5.10 Å². The van der Waals surface area contributed by atoms with Gasteiger partial charge in [-0.05, 0) is 36.1 Å². The van der Waals surface area contributed by atoms with Gasteiger partial charge in [-0.15, -0.1) is 0 Å². The molecule has 0 spiro atoms. The van der Waals surface area contributed by atoms with Crippen LogP contribution in [0.25, 0.3) is 11.3 Å². The molecule has 4 heteroatoms. The zero-order valence-corrected chi connectivity index (χ0v) is 10.7. The molecule has 1 aromatic carbocycles. The molecule has 2 aromatic rings. The van der Waals surface area contributed by atoms with E-state index in [1.165, 1.54) is 5.56 Å². The number of H-pyrrole nitrogens is 1. The fraction of sp³-hybridized carbons (Fsp3) is 0.286. The number of carboxylic acids is 1. The van der Waals surface area contributed by atoms with Gasteiger partial charge in [-0.3, -0.25) is 5.10 Å².